The van der Waals surface area contributed by atoms with Crippen molar-refractivity contribution in [3.63, 3.8) is 0 Å². The fourth-order valence-electron chi connectivity index (χ4n) is 3.08. The van der Waals surface area contributed by atoms with Gasteiger partial charge in [0.05, 0.1) is 27.9 Å². The van der Waals surface area contributed by atoms with E-state index in [2.05, 4.69) is 20.6 Å². The highest BCUT2D eigenvalue weighted by molar-refractivity contribution is 7.92. The Bertz CT molecular complexity index is 1500. The Hall–Kier alpha value is -4.16. The van der Waals surface area contributed by atoms with Crippen molar-refractivity contribution in [2.75, 3.05) is 17.6 Å². The molecule has 0 aliphatic carbocycles. The summed E-state index contributed by atoms with van der Waals surface area (Å²) in [6, 6.07) is 16.8. The van der Waals surface area contributed by atoms with Crippen LogP contribution >= 0.6 is 11.3 Å². The van der Waals surface area contributed by atoms with Crippen LogP contribution in [-0.4, -0.2) is 32.3 Å². The zero-order valence-electron chi connectivity index (χ0n) is 17.7. The van der Waals surface area contributed by atoms with Crippen LogP contribution in [0.3, 0.4) is 0 Å². The molecule has 0 radical (unpaired) electrons. The van der Waals surface area contributed by atoms with Gasteiger partial charge in [0.25, 0.3) is 21.8 Å². The smallest absolute Gasteiger partial charge is 0.269 e. The molecule has 1 heterocycles. The van der Waals surface area contributed by atoms with E-state index in [4.69, 9.17) is 10.5 Å². The number of nitrogens with one attached hydrogen (secondary N) is 3. The van der Waals surface area contributed by atoms with Crippen LogP contribution in [0.1, 0.15) is 20.7 Å². The zero-order chi connectivity index (χ0) is 24.3. The number of para-hydroxylation sites is 2. The van der Waals surface area contributed by atoms with Crippen molar-refractivity contribution < 1.29 is 22.7 Å². The number of rotatable bonds is 6. The first-order valence-corrected chi connectivity index (χ1v) is 12.1. The average molecular weight is 498 g/mol. The van der Waals surface area contributed by atoms with E-state index in [1.807, 2.05) is 0 Å². The molecule has 2 amide bonds. The number of fused-ring (bicyclic) bond motifs is 1. The highest BCUT2D eigenvalue weighted by Crippen LogP contribution is 2.26. The van der Waals surface area contributed by atoms with E-state index in [0.29, 0.717) is 22.0 Å². The van der Waals surface area contributed by atoms with Crippen molar-refractivity contribution in [3.05, 3.63) is 77.9 Å². The maximum Gasteiger partial charge on any atom is 0.269 e. The quantitative estimate of drug-likeness (QED) is 0.299. The minimum absolute atomic E-state index is 0.0360. The van der Waals surface area contributed by atoms with Crippen molar-refractivity contribution in [3.8, 4) is 5.75 Å². The predicted octanol–water partition coefficient (Wildman–Crippen LogP) is 2.76. The molecule has 0 unspecified atom stereocenters. The van der Waals surface area contributed by atoms with Crippen molar-refractivity contribution in [2.24, 2.45) is 0 Å². The summed E-state index contributed by atoms with van der Waals surface area (Å²) in [4.78, 5) is 29.0. The van der Waals surface area contributed by atoms with Crippen LogP contribution in [0, 0.1) is 0 Å². The summed E-state index contributed by atoms with van der Waals surface area (Å²) in [5, 5.41) is 0.385. The average Bonchev–Trinajstić information content (AvgIpc) is 3.21. The van der Waals surface area contributed by atoms with Gasteiger partial charge in [0.15, 0.2) is 5.13 Å². The number of amides is 2. The standard InChI is InChI=1S/C22H19N5O5S2/c1-32-18-8-3-2-7-16(18)27-34(30,31)15-6-4-5-13(11-15)20(28)25-26-21(29)14-9-10-17-19(12-14)33-22(23)24-17/h2-12,27H,1H3,(H2,23,24)(H,25,28)(H,26,29). The lowest BCUT2D eigenvalue weighted by atomic mass is 10.2. The number of carbonyl (C=O) groups excluding carboxylic acids is 2. The number of sulfonamides is 1. The highest BCUT2D eigenvalue weighted by Gasteiger charge is 2.19. The van der Waals surface area contributed by atoms with Gasteiger partial charge in [-0.05, 0) is 48.5 Å². The molecule has 0 aliphatic rings. The molecule has 0 aliphatic heterocycles. The number of carbonyl (C=O) groups is 2. The Balaban J connectivity index is 1.46. The molecular formula is C22H19N5O5S2. The maximum absolute atomic E-state index is 12.8. The number of aromatic nitrogens is 1. The number of benzene rings is 3. The molecule has 0 saturated heterocycles. The number of methoxy groups -OCH3 is 1. The monoisotopic (exact) mass is 497 g/mol. The Morgan fingerprint density at radius 1 is 0.941 bits per heavy atom. The van der Waals surface area contributed by atoms with Crippen LogP contribution in [0.25, 0.3) is 10.2 Å². The second-order valence-electron chi connectivity index (χ2n) is 6.98. The molecule has 174 valence electrons. The zero-order valence-corrected chi connectivity index (χ0v) is 19.4. The number of nitrogens with zero attached hydrogens (tertiary/aromatic N) is 1. The van der Waals surface area contributed by atoms with E-state index in [0.717, 1.165) is 4.70 Å². The van der Waals surface area contributed by atoms with Gasteiger partial charge in [0, 0.05) is 11.1 Å². The largest absolute Gasteiger partial charge is 0.495 e. The fourth-order valence-corrected chi connectivity index (χ4v) is 4.97. The number of hydrogen-bond donors (Lipinski definition) is 4. The van der Waals surface area contributed by atoms with Gasteiger partial charge in [-0.25, -0.2) is 13.4 Å². The van der Waals surface area contributed by atoms with Crippen LogP contribution in [-0.2, 0) is 10.0 Å². The molecule has 4 rings (SSSR count). The summed E-state index contributed by atoms with van der Waals surface area (Å²) in [5.41, 5.74) is 11.5. The van der Waals surface area contributed by atoms with Crippen molar-refractivity contribution in [1.82, 2.24) is 15.8 Å². The molecule has 12 heteroatoms. The van der Waals surface area contributed by atoms with E-state index >= 15 is 0 Å². The van der Waals surface area contributed by atoms with Gasteiger partial charge in [-0.1, -0.05) is 29.5 Å². The fraction of sp³-hybridized carbons (Fsp3) is 0.0455. The third-order valence-corrected chi connectivity index (χ3v) is 6.93. The molecule has 34 heavy (non-hydrogen) atoms. The van der Waals surface area contributed by atoms with E-state index in [-0.39, 0.29) is 16.1 Å². The van der Waals surface area contributed by atoms with Gasteiger partial charge in [0.1, 0.15) is 5.75 Å². The molecule has 1 aromatic heterocycles. The Morgan fingerprint density at radius 3 is 2.38 bits per heavy atom. The van der Waals surface area contributed by atoms with Gasteiger partial charge in [-0.15, -0.1) is 0 Å². The topological polar surface area (TPSA) is 153 Å². The molecule has 0 atom stereocenters. The lowest BCUT2D eigenvalue weighted by molar-refractivity contribution is 0.0846. The van der Waals surface area contributed by atoms with Gasteiger partial charge in [-0.2, -0.15) is 0 Å². The van der Waals surface area contributed by atoms with Crippen molar-refractivity contribution >= 4 is 54.2 Å². The molecule has 5 N–H and O–H groups in total. The third-order valence-electron chi connectivity index (χ3n) is 4.71. The molecule has 4 aromatic rings. The number of anilines is 2. The number of ether oxygens (including phenoxy) is 1. The van der Waals surface area contributed by atoms with E-state index in [9.17, 15) is 18.0 Å². The van der Waals surface area contributed by atoms with E-state index in [1.165, 1.54) is 42.7 Å². The van der Waals surface area contributed by atoms with Crippen molar-refractivity contribution in [1.29, 1.82) is 0 Å². The van der Waals surface area contributed by atoms with Gasteiger partial charge >= 0.3 is 0 Å². The lowest BCUT2D eigenvalue weighted by Crippen LogP contribution is -2.41. The Morgan fingerprint density at radius 2 is 1.65 bits per heavy atom. The molecule has 10 nitrogen and oxygen atoms in total. The first kappa shape index (κ1) is 23.0. The van der Waals surface area contributed by atoms with Crippen molar-refractivity contribution in [2.45, 2.75) is 4.90 Å². The second kappa shape index (κ2) is 9.37. The summed E-state index contributed by atoms with van der Waals surface area (Å²) in [6.45, 7) is 0. The Labute approximate surface area is 198 Å². The first-order chi connectivity index (χ1) is 16.3. The summed E-state index contributed by atoms with van der Waals surface area (Å²) in [5.74, 6) is -0.892. The molecule has 0 fully saturated rings. The lowest BCUT2D eigenvalue weighted by Gasteiger charge is -2.12. The number of nitrogens with two attached hydrogens (primary N) is 1. The highest BCUT2D eigenvalue weighted by atomic mass is 32.2. The minimum Gasteiger partial charge on any atom is -0.495 e. The predicted molar refractivity (Wildman–Crippen MR) is 129 cm³/mol. The third kappa shape index (κ3) is 4.92. The molecule has 3 aromatic carbocycles. The summed E-state index contributed by atoms with van der Waals surface area (Å²) < 4.78 is 34.0. The molecular weight excluding hydrogens is 478 g/mol. The van der Waals surface area contributed by atoms with Crippen LogP contribution < -0.4 is 26.0 Å². The van der Waals surface area contributed by atoms with Gasteiger partial charge < -0.3 is 10.5 Å². The number of hydrogen-bond acceptors (Lipinski definition) is 8. The number of thiazole rings is 1. The summed E-state index contributed by atoms with van der Waals surface area (Å²) in [7, 11) is -2.58. The first-order valence-electron chi connectivity index (χ1n) is 9.79. The summed E-state index contributed by atoms with van der Waals surface area (Å²) >= 11 is 1.24. The van der Waals surface area contributed by atoms with Crippen LogP contribution in [0.2, 0.25) is 0 Å². The maximum atomic E-state index is 12.8. The molecule has 0 bridgehead atoms. The van der Waals surface area contributed by atoms with Crippen LogP contribution in [0.5, 0.6) is 5.75 Å². The van der Waals surface area contributed by atoms with Gasteiger partial charge in [-0.3, -0.25) is 25.2 Å². The number of hydrazine groups is 1. The van der Waals surface area contributed by atoms with E-state index in [1.54, 1.807) is 42.5 Å². The van der Waals surface area contributed by atoms with E-state index < -0.39 is 21.8 Å². The molecule has 0 spiro atoms. The summed E-state index contributed by atoms with van der Waals surface area (Å²) in [6.07, 6.45) is 0. The van der Waals surface area contributed by atoms with Crippen LogP contribution in [0.15, 0.2) is 71.6 Å². The van der Waals surface area contributed by atoms with Gasteiger partial charge in [0.2, 0.25) is 0 Å². The normalized spacial score (nSPS) is 11.1. The minimum atomic E-state index is -4.01. The van der Waals surface area contributed by atoms with Crippen LogP contribution in [0.4, 0.5) is 10.8 Å². The number of nitrogen functional groups attached to an aromatic ring is 1. The Kier molecular flexibility index (Phi) is 6.34. The SMILES string of the molecule is COc1ccccc1NS(=O)(=O)c1cccc(C(=O)NNC(=O)c2ccc3nc(N)sc3c2)c1. The second-order valence-corrected chi connectivity index (χ2v) is 9.72. The molecule has 0 saturated carbocycles.